The summed E-state index contributed by atoms with van der Waals surface area (Å²) in [5.41, 5.74) is -4.16. The third-order valence-corrected chi connectivity index (χ3v) is 3.27. The third kappa shape index (κ3) is 3.49. The molecule has 9 heteroatoms. The van der Waals surface area contributed by atoms with Crippen LogP contribution in [0.5, 0.6) is 0 Å². The molecule has 16 heavy (non-hydrogen) atoms. The van der Waals surface area contributed by atoms with Crippen LogP contribution < -0.4 is 0 Å². The molecule has 0 aliphatic carbocycles. The van der Waals surface area contributed by atoms with Crippen LogP contribution in [0.2, 0.25) is 0 Å². The molecule has 0 saturated heterocycles. The molecule has 0 rings (SSSR count). The average Bonchev–Trinajstić information content (AvgIpc) is 2.10. The SMILES string of the molecule is CC(OC(CBr)CBr)(C(F)(F)F)C(F)(F)F. The van der Waals surface area contributed by atoms with Crippen molar-refractivity contribution in [2.45, 2.75) is 31.0 Å². The fourth-order valence-corrected chi connectivity index (χ4v) is 2.07. The summed E-state index contributed by atoms with van der Waals surface area (Å²) in [6.45, 7) is -0.0225. The Morgan fingerprint density at radius 1 is 0.938 bits per heavy atom. The molecular formula is C7H8Br2F6O. The lowest BCUT2D eigenvalue weighted by atomic mass is 10.1. The van der Waals surface area contributed by atoms with Gasteiger partial charge < -0.3 is 4.74 Å². The number of ether oxygens (including phenoxy) is 1. The van der Waals surface area contributed by atoms with Gasteiger partial charge in [0, 0.05) is 10.7 Å². The zero-order valence-corrected chi connectivity index (χ0v) is 11.1. The second-order valence-electron chi connectivity index (χ2n) is 3.08. The van der Waals surface area contributed by atoms with Gasteiger partial charge in [-0.05, 0) is 6.92 Å². The predicted molar refractivity (Wildman–Crippen MR) is 53.0 cm³/mol. The lowest BCUT2D eigenvalue weighted by Crippen LogP contribution is -2.58. The van der Waals surface area contributed by atoms with Crippen molar-refractivity contribution >= 4 is 31.9 Å². The van der Waals surface area contributed by atoms with Crippen LogP contribution in [-0.4, -0.2) is 34.7 Å². The van der Waals surface area contributed by atoms with E-state index < -0.39 is 24.1 Å². The monoisotopic (exact) mass is 380 g/mol. The Labute approximate surface area is 105 Å². The van der Waals surface area contributed by atoms with Gasteiger partial charge in [-0.1, -0.05) is 31.9 Å². The minimum atomic E-state index is -5.52. The first kappa shape index (κ1) is 16.5. The second-order valence-corrected chi connectivity index (χ2v) is 4.37. The van der Waals surface area contributed by atoms with Crippen molar-refractivity contribution in [2.75, 3.05) is 10.7 Å². The van der Waals surface area contributed by atoms with Gasteiger partial charge in [0.05, 0.1) is 6.10 Å². The molecule has 0 radical (unpaired) electrons. The Hall–Kier alpha value is 0.500. The number of hydrogen-bond donors (Lipinski definition) is 0. The van der Waals surface area contributed by atoms with Crippen molar-refractivity contribution < 1.29 is 31.1 Å². The Bertz CT molecular complexity index is 208. The van der Waals surface area contributed by atoms with Crippen LogP contribution >= 0.6 is 31.9 Å². The highest BCUT2D eigenvalue weighted by Crippen LogP contribution is 2.46. The van der Waals surface area contributed by atoms with Crippen LogP contribution in [0, 0.1) is 0 Å². The van der Waals surface area contributed by atoms with Crippen molar-refractivity contribution in [1.29, 1.82) is 0 Å². The summed E-state index contributed by atoms with van der Waals surface area (Å²) in [4.78, 5) is 0. The fraction of sp³-hybridized carbons (Fsp3) is 1.00. The minimum absolute atomic E-state index is 0.0225. The van der Waals surface area contributed by atoms with Crippen molar-refractivity contribution in [2.24, 2.45) is 0 Å². The zero-order chi connectivity index (χ0) is 13.2. The van der Waals surface area contributed by atoms with Crippen molar-refractivity contribution in [1.82, 2.24) is 0 Å². The van der Waals surface area contributed by atoms with Crippen LogP contribution in [0.4, 0.5) is 26.3 Å². The Balaban J connectivity index is 5.12. The lowest BCUT2D eigenvalue weighted by Gasteiger charge is -2.36. The van der Waals surface area contributed by atoms with E-state index >= 15 is 0 Å². The molecule has 0 aromatic rings. The number of halogens is 8. The minimum Gasteiger partial charge on any atom is -0.353 e. The smallest absolute Gasteiger partial charge is 0.353 e. The average molecular weight is 382 g/mol. The molecule has 0 unspecified atom stereocenters. The molecule has 0 aliphatic rings. The standard InChI is InChI=1S/C7H8Br2F6O/c1-5(6(10,11)12,7(13,14)15)16-4(2-8)3-9/h4H,2-3H2,1H3. The van der Waals surface area contributed by atoms with Crippen LogP contribution in [0.15, 0.2) is 0 Å². The number of rotatable bonds is 4. The molecule has 1 nitrogen and oxygen atoms in total. The highest BCUT2D eigenvalue weighted by Gasteiger charge is 2.69. The van der Waals surface area contributed by atoms with E-state index in [9.17, 15) is 26.3 Å². The Morgan fingerprint density at radius 2 is 1.25 bits per heavy atom. The van der Waals surface area contributed by atoms with E-state index in [1.54, 1.807) is 0 Å². The quantitative estimate of drug-likeness (QED) is 0.527. The van der Waals surface area contributed by atoms with Crippen molar-refractivity contribution in [3.05, 3.63) is 0 Å². The van der Waals surface area contributed by atoms with E-state index in [0.29, 0.717) is 0 Å². The third-order valence-electron chi connectivity index (χ3n) is 1.83. The first-order chi connectivity index (χ1) is 6.99. The molecule has 0 atom stereocenters. The largest absolute Gasteiger partial charge is 0.426 e. The molecule has 0 fully saturated rings. The Morgan fingerprint density at radius 3 is 1.44 bits per heavy atom. The van der Waals surface area contributed by atoms with Crippen LogP contribution in [0.25, 0.3) is 0 Å². The fourth-order valence-electron chi connectivity index (χ4n) is 0.732. The normalized spacial score (nSPS) is 14.6. The summed E-state index contributed by atoms with van der Waals surface area (Å²) in [6.07, 6.45) is -12.3. The van der Waals surface area contributed by atoms with Crippen LogP contribution in [-0.2, 0) is 4.74 Å². The van der Waals surface area contributed by atoms with E-state index in [1.165, 1.54) is 0 Å². The summed E-state index contributed by atoms with van der Waals surface area (Å²) in [6, 6.07) is 0. The van der Waals surface area contributed by atoms with Crippen LogP contribution in [0.1, 0.15) is 6.92 Å². The van der Waals surface area contributed by atoms with E-state index in [0.717, 1.165) is 0 Å². The molecule has 0 heterocycles. The summed E-state index contributed by atoms with van der Waals surface area (Å²) >= 11 is 5.54. The van der Waals surface area contributed by atoms with Gasteiger partial charge in [0.15, 0.2) is 0 Å². The van der Waals surface area contributed by atoms with E-state index in [-0.39, 0.29) is 17.6 Å². The highest BCUT2D eigenvalue weighted by molar-refractivity contribution is 9.09. The van der Waals surface area contributed by atoms with E-state index in [1.807, 2.05) is 0 Å². The van der Waals surface area contributed by atoms with E-state index in [2.05, 4.69) is 36.6 Å². The summed E-state index contributed by atoms with van der Waals surface area (Å²) < 4.78 is 78.3. The topological polar surface area (TPSA) is 9.23 Å². The van der Waals surface area contributed by atoms with Crippen molar-refractivity contribution in [3.8, 4) is 0 Å². The second kappa shape index (κ2) is 5.43. The van der Waals surface area contributed by atoms with E-state index in [4.69, 9.17) is 0 Å². The van der Waals surface area contributed by atoms with Gasteiger partial charge in [-0.3, -0.25) is 0 Å². The zero-order valence-electron chi connectivity index (χ0n) is 7.92. The maximum Gasteiger partial charge on any atom is 0.426 e. The van der Waals surface area contributed by atoms with Gasteiger partial charge in [-0.25, -0.2) is 0 Å². The first-order valence-electron chi connectivity index (χ1n) is 3.92. The van der Waals surface area contributed by atoms with Gasteiger partial charge in [0.1, 0.15) is 0 Å². The van der Waals surface area contributed by atoms with Gasteiger partial charge in [0.25, 0.3) is 5.60 Å². The molecular weight excluding hydrogens is 374 g/mol. The highest BCUT2D eigenvalue weighted by atomic mass is 79.9. The molecule has 0 bridgehead atoms. The van der Waals surface area contributed by atoms with Gasteiger partial charge in [0.2, 0.25) is 0 Å². The molecule has 0 aromatic heterocycles. The predicted octanol–water partition coefficient (Wildman–Crippen LogP) is 4.04. The maximum atomic E-state index is 12.4. The van der Waals surface area contributed by atoms with Gasteiger partial charge in [-0.2, -0.15) is 26.3 Å². The Kier molecular flexibility index (Phi) is 5.60. The molecule has 0 N–H and O–H groups in total. The first-order valence-corrected chi connectivity index (χ1v) is 6.17. The maximum absolute atomic E-state index is 12.4. The van der Waals surface area contributed by atoms with Gasteiger partial charge in [-0.15, -0.1) is 0 Å². The lowest BCUT2D eigenvalue weighted by molar-refractivity contribution is -0.380. The molecule has 0 spiro atoms. The van der Waals surface area contributed by atoms with Gasteiger partial charge >= 0.3 is 12.4 Å². The molecule has 0 aromatic carbocycles. The molecule has 0 aliphatic heterocycles. The molecule has 0 amide bonds. The van der Waals surface area contributed by atoms with Crippen LogP contribution in [0.3, 0.4) is 0 Å². The van der Waals surface area contributed by atoms with Crippen molar-refractivity contribution in [3.63, 3.8) is 0 Å². The summed E-state index contributed by atoms with van der Waals surface area (Å²) in [5, 5.41) is -0.278. The number of alkyl halides is 8. The number of hydrogen-bond acceptors (Lipinski definition) is 1. The summed E-state index contributed by atoms with van der Waals surface area (Å²) in [7, 11) is 0. The molecule has 0 saturated carbocycles. The summed E-state index contributed by atoms with van der Waals surface area (Å²) in [5.74, 6) is 0. The molecule has 98 valence electrons.